The standard InChI is InChI=1S/C21H26N2O2S/c1-25-19-9-11-20(12-10-19)26-17-5-8-21(24)23-15-13-22(14-16-23)18-6-3-2-4-7-18/h2-4,6-7,9-12H,5,8,13-17H2,1H3. The molecule has 1 fully saturated rings. The normalized spacial score (nSPS) is 14.3. The Bertz CT molecular complexity index is 683. The minimum absolute atomic E-state index is 0.285. The van der Waals surface area contributed by atoms with Crippen molar-refractivity contribution in [2.24, 2.45) is 0 Å². The Morgan fingerprint density at radius 2 is 1.69 bits per heavy atom. The number of rotatable bonds is 7. The van der Waals surface area contributed by atoms with Crippen LogP contribution in [0.1, 0.15) is 12.8 Å². The van der Waals surface area contributed by atoms with Gasteiger partial charge in [0, 0.05) is 43.2 Å². The molecule has 0 spiro atoms. The van der Waals surface area contributed by atoms with Crippen LogP contribution in [-0.4, -0.2) is 49.8 Å². The summed E-state index contributed by atoms with van der Waals surface area (Å²) in [6, 6.07) is 18.5. The van der Waals surface area contributed by atoms with Gasteiger partial charge in [0.05, 0.1) is 7.11 Å². The molecular weight excluding hydrogens is 344 g/mol. The number of amides is 1. The maximum atomic E-state index is 12.4. The highest BCUT2D eigenvalue weighted by Gasteiger charge is 2.20. The van der Waals surface area contributed by atoms with Gasteiger partial charge in [-0.25, -0.2) is 0 Å². The smallest absolute Gasteiger partial charge is 0.222 e. The third-order valence-corrected chi connectivity index (χ3v) is 5.72. The number of methoxy groups -OCH3 is 1. The van der Waals surface area contributed by atoms with Gasteiger partial charge in [0.15, 0.2) is 0 Å². The van der Waals surface area contributed by atoms with Crippen molar-refractivity contribution in [2.45, 2.75) is 17.7 Å². The average molecular weight is 371 g/mol. The fourth-order valence-electron chi connectivity index (χ4n) is 3.10. The van der Waals surface area contributed by atoms with Gasteiger partial charge in [-0.15, -0.1) is 11.8 Å². The molecule has 1 aliphatic rings. The molecule has 3 rings (SSSR count). The van der Waals surface area contributed by atoms with Crippen molar-refractivity contribution in [1.82, 2.24) is 4.90 Å². The molecule has 4 nitrogen and oxygen atoms in total. The zero-order chi connectivity index (χ0) is 18.2. The summed E-state index contributed by atoms with van der Waals surface area (Å²) in [5, 5.41) is 0. The van der Waals surface area contributed by atoms with Crippen LogP contribution in [0.5, 0.6) is 5.75 Å². The average Bonchev–Trinajstić information content (AvgIpc) is 2.72. The SMILES string of the molecule is COc1ccc(SCCCC(=O)N2CCN(c3ccccc3)CC2)cc1. The largest absolute Gasteiger partial charge is 0.497 e. The molecule has 2 aromatic rings. The number of carbonyl (C=O) groups is 1. The summed E-state index contributed by atoms with van der Waals surface area (Å²) in [5.74, 6) is 2.12. The van der Waals surface area contributed by atoms with Crippen molar-refractivity contribution in [3.63, 3.8) is 0 Å². The molecule has 0 saturated carbocycles. The van der Waals surface area contributed by atoms with Crippen LogP contribution in [0.2, 0.25) is 0 Å². The second kappa shape index (κ2) is 9.53. The van der Waals surface area contributed by atoms with Gasteiger partial charge in [0.25, 0.3) is 0 Å². The molecule has 1 heterocycles. The molecule has 1 aliphatic heterocycles. The molecule has 1 saturated heterocycles. The van der Waals surface area contributed by atoms with E-state index < -0.39 is 0 Å². The molecule has 2 aromatic carbocycles. The fraction of sp³-hybridized carbons (Fsp3) is 0.381. The summed E-state index contributed by atoms with van der Waals surface area (Å²) in [6.45, 7) is 3.46. The molecule has 0 N–H and O–H groups in total. The van der Waals surface area contributed by atoms with Crippen LogP contribution in [0.3, 0.4) is 0 Å². The summed E-state index contributed by atoms with van der Waals surface area (Å²) in [4.78, 5) is 18.0. The number of hydrogen-bond donors (Lipinski definition) is 0. The lowest BCUT2D eigenvalue weighted by Crippen LogP contribution is -2.48. The second-order valence-electron chi connectivity index (χ2n) is 6.33. The van der Waals surface area contributed by atoms with Crippen molar-refractivity contribution >= 4 is 23.4 Å². The van der Waals surface area contributed by atoms with Crippen LogP contribution >= 0.6 is 11.8 Å². The number of hydrogen-bond acceptors (Lipinski definition) is 4. The van der Waals surface area contributed by atoms with Gasteiger partial charge < -0.3 is 14.5 Å². The third-order valence-electron chi connectivity index (χ3n) is 4.62. The summed E-state index contributed by atoms with van der Waals surface area (Å²) in [5.41, 5.74) is 1.25. The molecule has 0 aromatic heterocycles. The van der Waals surface area contributed by atoms with Gasteiger partial charge in [-0.3, -0.25) is 4.79 Å². The van der Waals surface area contributed by atoms with Crippen LogP contribution in [0, 0.1) is 0 Å². The van der Waals surface area contributed by atoms with E-state index in [2.05, 4.69) is 41.3 Å². The van der Waals surface area contributed by atoms with E-state index >= 15 is 0 Å². The maximum Gasteiger partial charge on any atom is 0.222 e. The van der Waals surface area contributed by atoms with E-state index in [1.54, 1.807) is 18.9 Å². The topological polar surface area (TPSA) is 32.8 Å². The molecule has 26 heavy (non-hydrogen) atoms. The number of thioether (sulfide) groups is 1. The van der Waals surface area contributed by atoms with Gasteiger partial charge in [0.1, 0.15) is 5.75 Å². The zero-order valence-electron chi connectivity index (χ0n) is 15.3. The zero-order valence-corrected chi connectivity index (χ0v) is 16.1. The minimum atomic E-state index is 0.285. The van der Waals surface area contributed by atoms with E-state index in [1.165, 1.54) is 10.6 Å². The number of para-hydroxylation sites is 1. The first-order valence-electron chi connectivity index (χ1n) is 9.11. The van der Waals surface area contributed by atoms with E-state index in [9.17, 15) is 4.79 Å². The predicted octanol–water partition coefficient (Wildman–Crippen LogP) is 3.92. The number of carbonyl (C=O) groups excluding carboxylic acids is 1. The van der Waals surface area contributed by atoms with E-state index in [-0.39, 0.29) is 5.91 Å². The summed E-state index contributed by atoms with van der Waals surface area (Å²) < 4.78 is 5.17. The van der Waals surface area contributed by atoms with Crippen LogP contribution in [-0.2, 0) is 4.79 Å². The van der Waals surface area contributed by atoms with Crippen LogP contribution in [0.4, 0.5) is 5.69 Å². The molecule has 0 radical (unpaired) electrons. The number of piperazine rings is 1. The van der Waals surface area contributed by atoms with Gasteiger partial charge in [-0.2, -0.15) is 0 Å². The Labute approximate surface area is 160 Å². The van der Waals surface area contributed by atoms with Crippen LogP contribution in [0.15, 0.2) is 59.5 Å². The summed E-state index contributed by atoms with van der Waals surface area (Å²) in [6.07, 6.45) is 1.54. The van der Waals surface area contributed by atoms with Crippen LogP contribution < -0.4 is 9.64 Å². The molecule has 5 heteroatoms. The first-order chi connectivity index (χ1) is 12.8. The molecule has 138 valence electrons. The first kappa shape index (κ1) is 18.6. The Kier molecular flexibility index (Phi) is 6.83. The first-order valence-corrected chi connectivity index (χ1v) is 10.1. The fourth-order valence-corrected chi connectivity index (χ4v) is 3.95. The molecule has 0 atom stereocenters. The van der Waals surface area contributed by atoms with Crippen LogP contribution in [0.25, 0.3) is 0 Å². The Morgan fingerprint density at radius 1 is 1.00 bits per heavy atom. The van der Waals surface area contributed by atoms with E-state index in [0.717, 1.165) is 44.1 Å². The lowest BCUT2D eigenvalue weighted by atomic mass is 10.2. The third kappa shape index (κ3) is 5.18. The Balaban J connectivity index is 1.35. The summed E-state index contributed by atoms with van der Waals surface area (Å²) >= 11 is 1.79. The molecule has 1 amide bonds. The minimum Gasteiger partial charge on any atom is -0.497 e. The Hall–Kier alpha value is -2.14. The second-order valence-corrected chi connectivity index (χ2v) is 7.50. The van der Waals surface area contributed by atoms with Crippen molar-refractivity contribution in [2.75, 3.05) is 43.9 Å². The number of anilines is 1. The number of nitrogens with zero attached hydrogens (tertiary/aromatic N) is 2. The maximum absolute atomic E-state index is 12.4. The van der Waals surface area contributed by atoms with E-state index in [0.29, 0.717) is 6.42 Å². The van der Waals surface area contributed by atoms with Crippen molar-refractivity contribution < 1.29 is 9.53 Å². The highest BCUT2D eigenvalue weighted by Crippen LogP contribution is 2.22. The predicted molar refractivity (Wildman–Crippen MR) is 108 cm³/mol. The number of benzene rings is 2. The van der Waals surface area contributed by atoms with Gasteiger partial charge >= 0.3 is 0 Å². The lowest BCUT2D eigenvalue weighted by Gasteiger charge is -2.36. The van der Waals surface area contributed by atoms with Gasteiger partial charge in [0.2, 0.25) is 5.91 Å². The van der Waals surface area contributed by atoms with Crippen molar-refractivity contribution in [3.8, 4) is 5.75 Å². The quantitative estimate of drug-likeness (QED) is 0.546. The monoisotopic (exact) mass is 370 g/mol. The Morgan fingerprint density at radius 3 is 2.35 bits per heavy atom. The van der Waals surface area contributed by atoms with Gasteiger partial charge in [-0.1, -0.05) is 18.2 Å². The highest BCUT2D eigenvalue weighted by molar-refractivity contribution is 7.99. The molecule has 0 bridgehead atoms. The molecule has 0 unspecified atom stereocenters. The van der Waals surface area contributed by atoms with E-state index in [4.69, 9.17) is 4.74 Å². The molecular formula is C21H26N2O2S. The van der Waals surface area contributed by atoms with Gasteiger partial charge in [-0.05, 0) is 48.6 Å². The van der Waals surface area contributed by atoms with E-state index in [1.807, 2.05) is 23.1 Å². The lowest BCUT2D eigenvalue weighted by molar-refractivity contribution is -0.131. The van der Waals surface area contributed by atoms with Crippen molar-refractivity contribution in [1.29, 1.82) is 0 Å². The number of ether oxygens (including phenoxy) is 1. The summed E-state index contributed by atoms with van der Waals surface area (Å²) in [7, 11) is 1.67. The highest BCUT2D eigenvalue weighted by atomic mass is 32.2. The molecule has 0 aliphatic carbocycles. The van der Waals surface area contributed by atoms with Crippen molar-refractivity contribution in [3.05, 3.63) is 54.6 Å².